The number of imidazole rings is 1. The van der Waals surface area contributed by atoms with Crippen LogP contribution in [0.5, 0.6) is 0 Å². The fourth-order valence-corrected chi connectivity index (χ4v) is 2.83. The molecule has 0 spiro atoms. The molecule has 0 radical (unpaired) electrons. The van der Waals surface area contributed by atoms with Crippen LogP contribution in [0, 0.1) is 5.95 Å². The molecule has 0 unspecified atom stereocenters. The number of rotatable bonds is 6. The second kappa shape index (κ2) is 7.80. The maximum absolute atomic E-state index is 13.0. The van der Waals surface area contributed by atoms with Crippen LogP contribution in [0.3, 0.4) is 0 Å². The van der Waals surface area contributed by atoms with Gasteiger partial charge in [-0.25, -0.2) is 4.98 Å². The summed E-state index contributed by atoms with van der Waals surface area (Å²) in [6.45, 7) is 0.229. The van der Waals surface area contributed by atoms with E-state index in [1.807, 2.05) is 0 Å². The molecule has 0 amide bonds. The first kappa shape index (κ1) is 17.6. The molecule has 3 aromatic rings. The zero-order valence-electron chi connectivity index (χ0n) is 13.1. The summed E-state index contributed by atoms with van der Waals surface area (Å²) < 4.78 is 18.2. The number of hydrogen-bond acceptors (Lipinski definition) is 4. The van der Waals surface area contributed by atoms with Crippen LogP contribution < -0.4 is 0 Å². The summed E-state index contributed by atoms with van der Waals surface area (Å²) in [5.74, 6) is -0.374. The van der Waals surface area contributed by atoms with Crippen molar-refractivity contribution in [3.63, 3.8) is 0 Å². The zero-order valence-corrected chi connectivity index (χ0v) is 14.6. The largest absolute Gasteiger partial charge is 0.465 e. The van der Waals surface area contributed by atoms with Crippen LogP contribution in [0.2, 0.25) is 10.0 Å². The van der Waals surface area contributed by atoms with Crippen LogP contribution in [0.15, 0.2) is 30.3 Å². The Balaban J connectivity index is 1.47. The number of nitrogens with one attached hydrogen (secondary N) is 1. The van der Waals surface area contributed by atoms with E-state index in [1.54, 1.807) is 24.3 Å². The third-order valence-corrected chi connectivity index (χ3v) is 4.16. The maximum atomic E-state index is 13.0. The third-order valence-electron chi connectivity index (χ3n) is 3.58. The molecule has 25 heavy (non-hydrogen) atoms. The topological polar surface area (TPSA) is 67.9 Å². The van der Waals surface area contributed by atoms with Gasteiger partial charge in [-0.3, -0.25) is 4.79 Å². The van der Waals surface area contributed by atoms with Gasteiger partial charge in [-0.1, -0.05) is 29.3 Å². The predicted molar refractivity (Wildman–Crippen MR) is 93.3 cm³/mol. The van der Waals surface area contributed by atoms with Crippen LogP contribution >= 0.6 is 23.2 Å². The fourth-order valence-electron chi connectivity index (χ4n) is 2.33. The van der Waals surface area contributed by atoms with Crippen molar-refractivity contribution in [1.82, 2.24) is 15.0 Å². The van der Waals surface area contributed by atoms with E-state index < -0.39 is 5.95 Å². The number of aromatic amines is 1. The molecule has 0 fully saturated rings. The number of nitrogens with zero attached hydrogens (tertiary/aromatic N) is 2. The smallest absolute Gasteiger partial charge is 0.306 e. The lowest BCUT2D eigenvalue weighted by molar-refractivity contribution is -0.143. The van der Waals surface area contributed by atoms with Gasteiger partial charge in [-0.2, -0.15) is 9.37 Å². The Morgan fingerprint density at radius 1 is 1.16 bits per heavy atom. The Hall–Kier alpha value is -2.18. The fraction of sp³-hybridized carbons (Fsp3) is 0.235. The molecule has 5 nitrogen and oxygen atoms in total. The molecule has 1 N–H and O–H groups in total. The van der Waals surface area contributed by atoms with Crippen LogP contribution in [0.4, 0.5) is 4.39 Å². The monoisotopic (exact) mass is 381 g/mol. The van der Waals surface area contributed by atoms with Crippen molar-refractivity contribution in [3.8, 4) is 0 Å². The van der Waals surface area contributed by atoms with Gasteiger partial charge in [0.1, 0.15) is 5.82 Å². The van der Waals surface area contributed by atoms with Crippen molar-refractivity contribution >= 4 is 40.3 Å². The van der Waals surface area contributed by atoms with E-state index in [0.29, 0.717) is 39.9 Å². The molecule has 2 aromatic heterocycles. The molecule has 3 rings (SSSR count). The molecule has 1 aromatic carbocycles. The summed E-state index contributed by atoms with van der Waals surface area (Å²) in [5, 5.41) is 1.11. The van der Waals surface area contributed by atoms with Crippen LogP contribution in [-0.4, -0.2) is 27.5 Å². The number of aromatic nitrogens is 3. The highest BCUT2D eigenvalue weighted by atomic mass is 35.5. The number of carbonyl (C=O) groups is 1. The normalized spacial score (nSPS) is 11.0. The molecular formula is C17H14Cl2FN3O2. The average Bonchev–Trinajstić information content (AvgIpc) is 2.97. The molecule has 0 aliphatic carbocycles. The minimum atomic E-state index is -0.592. The Morgan fingerprint density at radius 3 is 2.80 bits per heavy atom. The minimum Gasteiger partial charge on any atom is -0.465 e. The van der Waals surface area contributed by atoms with Crippen molar-refractivity contribution in [2.45, 2.75) is 19.3 Å². The number of ether oxygens (including phenoxy) is 1. The van der Waals surface area contributed by atoms with E-state index in [4.69, 9.17) is 27.9 Å². The zero-order chi connectivity index (χ0) is 17.8. The van der Waals surface area contributed by atoms with E-state index in [9.17, 15) is 9.18 Å². The van der Waals surface area contributed by atoms with E-state index in [0.717, 1.165) is 5.56 Å². The lowest BCUT2D eigenvalue weighted by Crippen LogP contribution is -2.09. The van der Waals surface area contributed by atoms with Gasteiger partial charge in [0, 0.05) is 22.9 Å². The van der Waals surface area contributed by atoms with Crippen LogP contribution in [0.25, 0.3) is 11.2 Å². The number of fused-ring (bicyclic) bond motifs is 1. The molecule has 0 aliphatic heterocycles. The molecule has 2 heterocycles. The summed E-state index contributed by atoms with van der Waals surface area (Å²) in [4.78, 5) is 22.6. The second-order valence-electron chi connectivity index (χ2n) is 5.39. The third kappa shape index (κ3) is 4.67. The van der Waals surface area contributed by atoms with Gasteiger partial charge >= 0.3 is 5.97 Å². The molecule has 8 heteroatoms. The molecular weight excluding hydrogens is 368 g/mol. The highest BCUT2D eigenvalue weighted by Gasteiger charge is 2.09. The standard InChI is InChI=1S/C17H14Cl2FN3O2/c18-11-2-1-10(12(19)9-11)7-8-25-16(24)6-5-15-21-13-3-4-14(20)22-17(13)23-15/h1-4,9H,5-8H2,(H,21,22,23). The maximum Gasteiger partial charge on any atom is 0.306 e. The predicted octanol–water partition coefficient (Wildman–Crippen LogP) is 4.12. The molecule has 0 aliphatic rings. The number of pyridine rings is 1. The lowest BCUT2D eigenvalue weighted by atomic mass is 10.2. The number of H-pyrrole nitrogens is 1. The molecule has 130 valence electrons. The molecule has 0 atom stereocenters. The van der Waals surface area contributed by atoms with Gasteiger partial charge in [0.25, 0.3) is 0 Å². The number of esters is 1. The summed E-state index contributed by atoms with van der Waals surface area (Å²) in [7, 11) is 0. The lowest BCUT2D eigenvalue weighted by Gasteiger charge is -2.06. The summed E-state index contributed by atoms with van der Waals surface area (Å²) in [6, 6.07) is 8.00. The van der Waals surface area contributed by atoms with Gasteiger partial charge in [0.2, 0.25) is 5.95 Å². The van der Waals surface area contributed by atoms with Crippen LogP contribution in [0.1, 0.15) is 17.8 Å². The Bertz CT molecular complexity index is 914. The van der Waals surface area contributed by atoms with E-state index in [1.165, 1.54) is 6.07 Å². The van der Waals surface area contributed by atoms with E-state index >= 15 is 0 Å². The Labute approximate surface area is 153 Å². The molecule has 0 bridgehead atoms. The van der Waals surface area contributed by atoms with Crippen LogP contribution in [-0.2, 0) is 22.4 Å². The van der Waals surface area contributed by atoms with Gasteiger partial charge in [0.15, 0.2) is 5.65 Å². The quantitative estimate of drug-likeness (QED) is 0.514. The highest BCUT2D eigenvalue weighted by molar-refractivity contribution is 6.35. The minimum absolute atomic E-state index is 0.163. The molecule has 0 saturated carbocycles. The SMILES string of the molecule is O=C(CCc1nc2nc(F)ccc2[nH]1)OCCc1ccc(Cl)cc1Cl. The van der Waals surface area contributed by atoms with Crippen molar-refractivity contribution in [3.05, 3.63) is 57.7 Å². The summed E-state index contributed by atoms with van der Waals surface area (Å²) in [5.41, 5.74) is 1.78. The number of hydrogen-bond donors (Lipinski definition) is 1. The first-order chi connectivity index (χ1) is 12.0. The Kier molecular flexibility index (Phi) is 5.50. The molecule has 0 saturated heterocycles. The second-order valence-corrected chi connectivity index (χ2v) is 6.24. The number of carbonyl (C=O) groups excluding carboxylic acids is 1. The van der Waals surface area contributed by atoms with Crippen molar-refractivity contribution in [2.75, 3.05) is 6.61 Å². The van der Waals surface area contributed by atoms with Gasteiger partial charge in [-0.15, -0.1) is 0 Å². The van der Waals surface area contributed by atoms with Crippen molar-refractivity contribution < 1.29 is 13.9 Å². The summed E-state index contributed by atoms with van der Waals surface area (Å²) in [6.07, 6.45) is 1.03. The highest BCUT2D eigenvalue weighted by Crippen LogP contribution is 2.21. The van der Waals surface area contributed by atoms with Crippen molar-refractivity contribution in [2.24, 2.45) is 0 Å². The van der Waals surface area contributed by atoms with Gasteiger partial charge in [0.05, 0.1) is 18.5 Å². The number of halogens is 3. The Morgan fingerprint density at radius 2 is 2.00 bits per heavy atom. The summed E-state index contributed by atoms with van der Waals surface area (Å²) >= 11 is 11.9. The van der Waals surface area contributed by atoms with E-state index in [2.05, 4.69) is 15.0 Å². The number of benzene rings is 1. The first-order valence-electron chi connectivity index (χ1n) is 7.62. The first-order valence-corrected chi connectivity index (χ1v) is 8.37. The number of aryl methyl sites for hydroxylation is 1. The van der Waals surface area contributed by atoms with E-state index in [-0.39, 0.29) is 19.0 Å². The van der Waals surface area contributed by atoms with Gasteiger partial charge < -0.3 is 9.72 Å². The van der Waals surface area contributed by atoms with Crippen molar-refractivity contribution in [1.29, 1.82) is 0 Å². The average molecular weight is 382 g/mol. The van der Waals surface area contributed by atoms with Gasteiger partial charge in [-0.05, 0) is 29.8 Å².